The lowest BCUT2D eigenvalue weighted by molar-refractivity contribution is -0.173. The smallest absolute Gasteiger partial charge is 0.304 e. The van der Waals surface area contributed by atoms with Gasteiger partial charge < -0.3 is 14.5 Å². The minimum Gasteiger partial charge on any atom is -0.441 e. The summed E-state index contributed by atoms with van der Waals surface area (Å²) in [5, 5.41) is 2.69. The third-order valence-corrected chi connectivity index (χ3v) is 9.83. The van der Waals surface area contributed by atoms with E-state index in [0.29, 0.717) is 5.92 Å². The van der Waals surface area contributed by atoms with Crippen LogP contribution >= 0.6 is 0 Å². The Labute approximate surface area is 128 Å². The van der Waals surface area contributed by atoms with Gasteiger partial charge in [-0.1, -0.05) is 27.7 Å². The maximum absolute atomic E-state index is 11.8. The minimum absolute atomic E-state index is 0.0818. The summed E-state index contributed by atoms with van der Waals surface area (Å²) in [7, 11) is -2.02. The predicted octanol–water partition coefficient (Wildman–Crippen LogP) is 2.67. The van der Waals surface area contributed by atoms with Crippen LogP contribution in [0.2, 0.25) is 18.1 Å². The van der Waals surface area contributed by atoms with E-state index in [1.807, 2.05) is 6.92 Å². The van der Waals surface area contributed by atoms with E-state index in [-0.39, 0.29) is 17.0 Å². The second-order valence-corrected chi connectivity index (χ2v) is 11.8. The summed E-state index contributed by atoms with van der Waals surface area (Å²) >= 11 is 0. The highest BCUT2D eigenvalue weighted by Gasteiger charge is 2.50. The van der Waals surface area contributed by atoms with Gasteiger partial charge in [-0.15, -0.1) is 0 Å². The molecular weight excluding hydrogens is 286 g/mol. The number of hydrogen-bond donors (Lipinski definition) is 1. The first-order valence-electron chi connectivity index (χ1n) is 7.55. The lowest BCUT2D eigenvalue weighted by Crippen LogP contribution is -2.65. The molecule has 1 amide bonds. The fourth-order valence-corrected chi connectivity index (χ4v) is 5.26. The van der Waals surface area contributed by atoms with E-state index < -0.39 is 26.4 Å². The Bertz CT molecular complexity index is 420. The number of ether oxygens (including phenoxy) is 1. The third-order valence-electron chi connectivity index (χ3n) is 5.19. The van der Waals surface area contributed by atoms with Gasteiger partial charge in [0.2, 0.25) is 5.91 Å². The molecule has 0 aliphatic carbocycles. The highest BCUT2D eigenvalue weighted by Crippen LogP contribution is 2.45. The van der Waals surface area contributed by atoms with Gasteiger partial charge in [0.05, 0.1) is 6.10 Å². The van der Waals surface area contributed by atoms with E-state index in [9.17, 15) is 9.59 Å². The summed E-state index contributed by atoms with van der Waals surface area (Å²) in [5.41, 5.74) is 0. The number of β-lactam (4-membered cyclic amide) rings is 1. The van der Waals surface area contributed by atoms with Crippen molar-refractivity contribution in [2.75, 3.05) is 0 Å². The summed E-state index contributed by atoms with van der Waals surface area (Å²) in [6.45, 7) is 16.4. The molecule has 5 nitrogen and oxygen atoms in total. The molecule has 0 spiro atoms. The number of carbonyl (C=O) groups excluding carboxylic acids is 2. The van der Waals surface area contributed by atoms with Crippen LogP contribution < -0.4 is 5.32 Å². The molecule has 6 heteroatoms. The van der Waals surface area contributed by atoms with Gasteiger partial charge in [-0.25, -0.2) is 0 Å². The highest BCUT2D eigenvalue weighted by molar-refractivity contribution is 6.74. The van der Waals surface area contributed by atoms with Gasteiger partial charge in [-0.05, 0) is 31.0 Å². The highest BCUT2D eigenvalue weighted by atomic mass is 28.4. The van der Waals surface area contributed by atoms with Crippen molar-refractivity contribution in [1.82, 2.24) is 5.32 Å². The summed E-state index contributed by atoms with van der Waals surface area (Å²) in [6, 6.07) is 0. The molecule has 0 aromatic heterocycles. The maximum Gasteiger partial charge on any atom is 0.304 e. The van der Waals surface area contributed by atoms with Crippen molar-refractivity contribution in [2.45, 2.75) is 72.0 Å². The SMILES string of the molecule is CC(=O)O[C@H]1NC(=O)C1[C@@H](C)O[Si](C)(C)C(C)(C)C(C)C. The van der Waals surface area contributed by atoms with Crippen molar-refractivity contribution in [2.24, 2.45) is 11.8 Å². The first-order chi connectivity index (χ1) is 9.40. The number of carbonyl (C=O) groups is 2. The van der Waals surface area contributed by atoms with Crippen LogP contribution in [-0.4, -0.2) is 32.5 Å². The summed E-state index contributed by atoms with van der Waals surface area (Å²) in [4.78, 5) is 22.8. The van der Waals surface area contributed by atoms with Crippen LogP contribution in [0.5, 0.6) is 0 Å². The van der Waals surface area contributed by atoms with Crippen LogP contribution in [0.15, 0.2) is 0 Å². The van der Waals surface area contributed by atoms with Gasteiger partial charge in [0.15, 0.2) is 14.5 Å². The normalized spacial score (nSPS) is 24.3. The summed E-state index contributed by atoms with van der Waals surface area (Å²) in [5.74, 6) is -0.424. The molecule has 1 fully saturated rings. The Morgan fingerprint density at radius 2 is 1.81 bits per heavy atom. The number of nitrogens with one attached hydrogen (secondary N) is 1. The number of hydrogen-bond acceptors (Lipinski definition) is 4. The molecule has 1 saturated heterocycles. The van der Waals surface area contributed by atoms with Gasteiger partial charge in [0.25, 0.3) is 0 Å². The number of amides is 1. The largest absolute Gasteiger partial charge is 0.441 e. The van der Waals surface area contributed by atoms with Crippen LogP contribution in [-0.2, 0) is 18.8 Å². The molecule has 1 aliphatic rings. The van der Waals surface area contributed by atoms with Crippen molar-refractivity contribution < 1.29 is 18.8 Å². The van der Waals surface area contributed by atoms with Crippen molar-refractivity contribution >= 4 is 20.2 Å². The Morgan fingerprint density at radius 1 is 1.29 bits per heavy atom. The van der Waals surface area contributed by atoms with Gasteiger partial charge in [0, 0.05) is 6.92 Å². The Kier molecular flexibility index (Phi) is 5.26. The Hall–Kier alpha value is -0.883. The van der Waals surface area contributed by atoms with E-state index in [1.54, 1.807) is 0 Å². The van der Waals surface area contributed by atoms with E-state index in [2.05, 4.69) is 46.1 Å². The lowest BCUT2D eigenvalue weighted by atomic mass is 9.93. The van der Waals surface area contributed by atoms with Gasteiger partial charge in [-0.2, -0.15) is 0 Å². The molecule has 3 atom stereocenters. The first-order valence-corrected chi connectivity index (χ1v) is 10.5. The second kappa shape index (κ2) is 6.08. The molecule has 0 aromatic rings. The molecule has 1 aliphatic heterocycles. The standard InChI is InChI=1S/C15H29NO4Si/c1-9(2)15(5,6)21(7,8)20-10(3)12-13(18)16-14(12)19-11(4)17/h9-10,12,14H,1-8H3,(H,16,18)/t10-,12?,14-/m1/s1. The first kappa shape index (κ1) is 18.2. The zero-order valence-corrected chi connectivity index (χ0v) is 15.4. The predicted molar refractivity (Wildman–Crippen MR) is 84.1 cm³/mol. The minimum atomic E-state index is -2.02. The van der Waals surface area contributed by atoms with Crippen LogP contribution in [0, 0.1) is 11.8 Å². The molecule has 1 rings (SSSR count). The van der Waals surface area contributed by atoms with Crippen molar-refractivity contribution in [3.8, 4) is 0 Å². The van der Waals surface area contributed by atoms with E-state index >= 15 is 0 Å². The van der Waals surface area contributed by atoms with E-state index in [4.69, 9.17) is 9.16 Å². The van der Waals surface area contributed by atoms with Crippen molar-refractivity contribution in [1.29, 1.82) is 0 Å². The van der Waals surface area contributed by atoms with Gasteiger partial charge in [-0.3, -0.25) is 9.59 Å². The van der Waals surface area contributed by atoms with Crippen molar-refractivity contribution in [3.63, 3.8) is 0 Å². The number of rotatable bonds is 6. The van der Waals surface area contributed by atoms with Crippen LogP contribution in [0.3, 0.4) is 0 Å². The zero-order valence-electron chi connectivity index (χ0n) is 14.4. The van der Waals surface area contributed by atoms with E-state index in [1.165, 1.54) is 6.92 Å². The molecule has 0 saturated carbocycles. The topological polar surface area (TPSA) is 64.6 Å². The molecular formula is C15H29NO4Si. The zero-order chi connectivity index (χ0) is 16.6. The van der Waals surface area contributed by atoms with Gasteiger partial charge in [0.1, 0.15) is 5.92 Å². The fourth-order valence-electron chi connectivity index (χ4n) is 2.49. The fraction of sp³-hybridized carbons (Fsp3) is 0.867. The average Bonchev–Trinajstić information content (AvgIpc) is 2.25. The van der Waals surface area contributed by atoms with Crippen LogP contribution in [0.1, 0.15) is 41.5 Å². The maximum atomic E-state index is 11.8. The molecule has 21 heavy (non-hydrogen) atoms. The Morgan fingerprint density at radius 3 is 2.19 bits per heavy atom. The monoisotopic (exact) mass is 315 g/mol. The molecule has 1 unspecified atom stereocenters. The molecule has 0 radical (unpaired) electrons. The molecule has 0 bridgehead atoms. The quantitative estimate of drug-likeness (QED) is 0.465. The second-order valence-electron chi connectivity index (χ2n) is 7.27. The lowest BCUT2D eigenvalue weighted by Gasteiger charge is -2.47. The van der Waals surface area contributed by atoms with Crippen LogP contribution in [0.4, 0.5) is 0 Å². The van der Waals surface area contributed by atoms with E-state index in [0.717, 1.165) is 0 Å². The van der Waals surface area contributed by atoms with Crippen LogP contribution in [0.25, 0.3) is 0 Å². The summed E-state index contributed by atoms with van der Waals surface area (Å²) in [6.07, 6.45) is -0.820. The molecule has 122 valence electrons. The van der Waals surface area contributed by atoms with Crippen molar-refractivity contribution in [3.05, 3.63) is 0 Å². The molecule has 1 heterocycles. The third kappa shape index (κ3) is 3.66. The number of esters is 1. The molecule has 0 aromatic carbocycles. The Balaban J connectivity index is 2.77. The molecule has 1 N–H and O–H groups in total. The van der Waals surface area contributed by atoms with Gasteiger partial charge >= 0.3 is 5.97 Å². The average molecular weight is 315 g/mol. The summed E-state index contributed by atoms with van der Waals surface area (Å²) < 4.78 is 11.4.